The number of hydrogen-bond donors (Lipinski definition) is 2. The fourth-order valence-electron chi connectivity index (χ4n) is 2.20. The zero-order valence-electron chi connectivity index (χ0n) is 13.3. The van der Waals surface area contributed by atoms with Crippen LogP contribution in [0, 0.1) is 0 Å². The minimum atomic E-state index is -0.508. The lowest BCUT2D eigenvalue weighted by Crippen LogP contribution is -2.27. The van der Waals surface area contributed by atoms with E-state index in [1.165, 1.54) is 0 Å². The molecule has 0 saturated carbocycles. The van der Waals surface area contributed by atoms with Crippen LogP contribution in [-0.2, 0) is 4.74 Å². The smallest absolute Gasteiger partial charge is 0.338 e. The third-order valence-corrected chi connectivity index (χ3v) is 3.83. The number of anilines is 2. The van der Waals surface area contributed by atoms with Crippen LogP contribution in [0.5, 0.6) is 0 Å². The molecule has 3 aromatic rings. The van der Waals surface area contributed by atoms with Crippen LogP contribution in [0.1, 0.15) is 17.3 Å². The second kappa shape index (κ2) is 7.27. The van der Waals surface area contributed by atoms with Crippen LogP contribution in [0.15, 0.2) is 53.1 Å². The SMILES string of the molecule is CCOC(=O)c1ccc(N(S)C(=O)Nc2noc3ccccc23)cc1. The van der Waals surface area contributed by atoms with E-state index in [1.807, 2.05) is 12.1 Å². The zero-order valence-corrected chi connectivity index (χ0v) is 14.2. The molecule has 0 spiro atoms. The summed E-state index contributed by atoms with van der Waals surface area (Å²) >= 11 is 4.19. The van der Waals surface area contributed by atoms with Crippen molar-refractivity contribution >= 4 is 47.3 Å². The number of ether oxygens (including phenoxy) is 1. The van der Waals surface area contributed by atoms with Gasteiger partial charge in [-0.15, -0.1) is 0 Å². The Morgan fingerprint density at radius 3 is 2.64 bits per heavy atom. The van der Waals surface area contributed by atoms with Gasteiger partial charge in [-0.3, -0.25) is 5.32 Å². The summed E-state index contributed by atoms with van der Waals surface area (Å²) in [4.78, 5) is 24.0. The molecule has 0 atom stereocenters. The van der Waals surface area contributed by atoms with Gasteiger partial charge in [-0.25, -0.2) is 13.9 Å². The van der Waals surface area contributed by atoms with Crippen LogP contribution >= 0.6 is 12.8 Å². The van der Waals surface area contributed by atoms with E-state index in [2.05, 4.69) is 23.3 Å². The summed E-state index contributed by atoms with van der Waals surface area (Å²) in [6.45, 7) is 2.03. The van der Waals surface area contributed by atoms with Crippen LogP contribution in [0.2, 0.25) is 0 Å². The molecule has 1 heterocycles. The second-order valence-electron chi connectivity index (χ2n) is 5.04. The number of esters is 1. The van der Waals surface area contributed by atoms with E-state index in [0.717, 1.165) is 4.31 Å². The van der Waals surface area contributed by atoms with Crippen LogP contribution in [0.25, 0.3) is 11.0 Å². The summed E-state index contributed by atoms with van der Waals surface area (Å²) in [6, 6.07) is 13.0. The average molecular weight is 357 g/mol. The molecule has 0 radical (unpaired) electrons. The van der Waals surface area contributed by atoms with Crippen LogP contribution in [0.4, 0.5) is 16.3 Å². The second-order valence-corrected chi connectivity index (χ2v) is 5.44. The van der Waals surface area contributed by atoms with Gasteiger partial charge in [-0.2, -0.15) is 0 Å². The molecule has 25 heavy (non-hydrogen) atoms. The summed E-state index contributed by atoms with van der Waals surface area (Å²) in [6.07, 6.45) is 0. The highest BCUT2D eigenvalue weighted by Crippen LogP contribution is 2.24. The van der Waals surface area contributed by atoms with Gasteiger partial charge in [0.25, 0.3) is 0 Å². The summed E-state index contributed by atoms with van der Waals surface area (Å²) in [5.74, 6) is -0.110. The molecule has 0 fully saturated rings. The van der Waals surface area contributed by atoms with E-state index in [4.69, 9.17) is 9.26 Å². The Balaban J connectivity index is 1.73. The molecule has 7 nitrogen and oxygen atoms in total. The number of nitrogens with one attached hydrogen (secondary N) is 1. The first-order valence-electron chi connectivity index (χ1n) is 7.51. The molecule has 8 heteroatoms. The number of carbonyl (C=O) groups is 2. The van der Waals surface area contributed by atoms with E-state index in [1.54, 1.807) is 43.3 Å². The Morgan fingerprint density at radius 1 is 1.20 bits per heavy atom. The van der Waals surface area contributed by atoms with Gasteiger partial charge in [0.2, 0.25) is 0 Å². The molecule has 2 amide bonds. The number of hydrogen-bond acceptors (Lipinski definition) is 6. The maximum atomic E-state index is 12.3. The predicted octanol–water partition coefficient (Wildman–Crippen LogP) is 3.89. The minimum Gasteiger partial charge on any atom is -0.462 e. The van der Waals surface area contributed by atoms with E-state index < -0.39 is 12.0 Å². The normalized spacial score (nSPS) is 10.5. The standard InChI is InChI=1S/C17H15N3O4S/c1-2-23-16(21)11-7-9-12(10-8-11)20(25)17(22)18-15-13-5-3-4-6-14(13)24-19-15/h3-10,25H,2H2,1H3,(H,18,19,22). The van der Waals surface area contributed by atoms with Crippen LogP contribution < -0.4 is 9.62 Å². The molecular weight excluding hydrogens is 342 g/mol. The number of thiol groups is 1. The Labute approximate surface area is 149 Å². The number of aromatic nitrogens is 1. The summed E-state index contributed by atoms with van der Waals surface area (Å²) in [5, 5.41) is 7.17. The number of amides is 2. The average Bonchev–Trinajstić information content (AvgIpc) is 3.04. The highest BCUT2D eigenvalue weighted by Gasteiger charge is 2.17. The molecule has 0 saturated heterocycles. The van der Waals surface area contributed by atoms with Gasteiger partial charge in [0.05, 0.1) is 23.2 Å². The molecule has 1 N–H and O–H groups in total. The van der Waals surface area contributed by atoms with Crippen molar-refractivity contribution in [2.24, 2.45) is 0 Å². The van der Waals surface area contributed by atoms with Crippen molar-refractivity contribution in [1.82, 2.24) is 5.16 Å². The number of benzene rings is 2. The fourth-order valence-corrected chi connectivity index (χ4v) is 2.38. The third-order valence-electron chi connectivity index (χ3n) is 3.42. The Hall–Kier alpha value is -3.00. The number of para-hydroxylation sites is 1. The Kier molecular flexibility index (Phi) is 4.90. The number of urea groups is 1. The van der Waals surface area contributed by atoms with Crippen molar-refractivity contribution < 1.29 is 18.8 Å². The van der Waals surface area contributed by atoms with Gasteiger partial charge in [-0.05, 0) is 43.3 Å². The van der Waals surface area contributed by atoms with Crippen LogP contribution in [-0.4, -0.2) is 23.8 Å². The van der Waals surface area contributed by atoms with Crippen molar-refractivity contribution in [3.8, 4) is 0 Å². The van der Waals surface area contributed by atoms with Crippen molar-refractivity contribution in [1.29, 1.82) is 0 Å². The maximum absolute atomic E-state index is 12.3. The fraction of sp³-hybridized carbons (Fsp3) is 0.118. The van der Waals surface area contributed by atoms with Gasteiger partial charge < -0.3 is 9.26 Å². The lowest BCUT2D eigenvalue weighted by molar-refractivity contribution is 0.0526. The summed E-state index contributed by atoms with van der Waals surface area (Å²) in [5.41, 5.74) is 1.46. The van der Waals surface area contributed by atoms with Crippen molar-refractivity contribution in [2.45, 2.75) is 6.92 Å². The number of carbonyl (C=O) groups excluding carboxylic acids is 2. The number of nitrogens with zero attached hydrogens (tertiary/aromatic N) is 2. The zero-order chi connectivity index (χ0) is 17.8. The largest absolute Gasteiger partial charge is 0.462 e. The van der Waals surface area contributed by atoms with Gasteiger partial charge in [-0.1, -0.05) is 30.1 Å². The molecule has 0 unspecified atom stereocenters. The summed E-state index contributed by atoms with van der Waals surface area (Å²) < 4.78 is 11.2. The van der Waals surface area contributed by atoms with Gasteiger partial charge in [0, 0.05) is 0 Å². The van der Waals surface area contributed by atoms with E-state index in [0.29, 0.717) is 34.6 Å². The van der Waals surface area contributed by atoms with E-state index >= 15 is 0 Å². The van der Waals surface area contributed by atoms with Crippen molar-refractivity contribution in [3.05, 3.63) is 54.1 Å². The highest BCUT2D eigenvalue weighted by atomic mass is 32.1. The lowest BCUT2D eigenvalue weighted by atomic mass is 10.2. The lowest BCUT2D eigenvalue weighted by Gasteiger charge is -2.15. The molecule has 0 aliphatic heterocycles. The Bertz CT molecular complexity index is 908. The monoisotopic (exact) mass is 357 g/mol. The quantitative estimate of drug-likeness (QED) is 0.547. The third kappa shape index (κ3) is 3.58. The first kappa shape index (κ1) is 16.8. The first-order valence-corrected chi connectivity index (χ1v) is 7.91. The van der Waals surface area contributed by atoms with Gasteiger partial charge in [0.15, 0.2) is 11.4 Å². The molecule has 0 aliphatic carbocycles. The van der Waals surface area contributed by atoms with E-state index in [-0.39, 0.29) is 0 Å². The summed E-state index contributed by atoms with van der Waals surface area (Å²) in [7, 11) is 0. The van der Waals surface area contributed by atoms with Gasteiger partial charge in [0.1, 0.15) is 0 Å². The van der Waals surface area contributed by atoms with Crippen LogP contribution in [0.3, 0.4) is 0 Å². The topological polar surface area (TPSA) is 84.7 Å². The number of rotatable bonds is 4. The predicted molar refractivity (Wildman–Crippen MR) is 96.9 cm³/mol. The molecule has 128 valence electrons. The maximum Gasteiger partial charge on any atom is 0.338 e. The molecule has 0 bridgehead atoms. The van der Waals surface area contributed by atoms with E-state index in [9.17, 15) is 9.59 Å². The number of fused-ring (bicyclic) bond motifs is 1. The molecular formula is C17H15N3O4S. The minimum absolute atomic E-state index is 0.299. The molecule has 2 aromatic carbocycles. The molecule has 0 aliphatic rings. The van der Waals surface area contributed by atoms with Crippen molar-refractivity contribution in [3.63, 3.8) is 0 Å². The van der Waals surface area contributed by atoms with Gasteiger partial charge >= 0.3 is 12.0 Å². The highest BCUT2D eigenvalue weighted by molar-refractivity contribution is 7.82. The van der Waals surface area contributed by atoms with Crippen molar-refractivity contribution in [2.75, 3.05) is 16.2 Å². The first-order chi connectivity index (χ1) is 12.1. The Morgan fingerprint density at radius 2 is 1.92 bits per heavy atom. The molecule has 3 rings (SSSR count). The molecule has 1 aromatic heterocycles.